The summed E-state index contributed by atoms with van der Waals surface area (Å²) in [4.78, 5) is 26.0. The summed E-state index contributed by atoms with van der Waals surface area (Å²) in [6, 6.07) is -0.528. The molecule has 2 atom stereocenters. The SMILES string of the molecule is CCOP(=O)(SC(C)CC)N1C(=O)N(CC)C(=O)C1(C)C. The summed E-state index contributed by atoms with van der Waals surface area (Å²) in [6.45, 7) is 7.62. The molecule has 0 N–H and O–H groups in total. The molecule has 0 aromatic rings. The molecule has 122 valence electrons. The van der Waals surface area contributed by atoms with E-state index in [1.54, 1.807) is 27.7 Å². The second kappa shape index (κ2) is 6.71. The number of amides is 3. The third-order valence-electron chi connectivity index (χ3n) is 3.45. The van der Waals surface area contributed by atoms with Gasteiger partial charge in [-0.3, -0.25) is 14.3 Å². The molecule has 0 radical (unpaired) electrons. The van der Waals surface area contributed by atoms with Crippen molar-refractivity contribution in [1.29, 1.82) is 0 Å². The van der Waals surface area contributed by atoms with Crippen molar-refractivity contribution in [2.24, 2.45) is 0 Å². The molecule has 1 fully saturated rings. The Hall–Kier alpha value is -0.520. The Morgan fingerprint density at radius 3 is 2.24 bits per heavy atom. The molecule has 0 aromatic carbocycles. The minimum absolute atomic E-state index is 0.0664. The van der Waals surface area contributed by atoms with Crippen LogP contribution in [0.4, 0.5) is 4.79 Å². The average molecular weight is 336 g/mol. The lowest BCUT2D eigenvalue weighted by Gasteiger charge is -2.34. The van der Waals surface area contributed by atoms with Gasteiger partial charge in [0.2, 0.25) is 0 Å². The highest BCUT2D eigenvalue weighted by atomic mass is 32.7. The Labute approximate surface area is 130 Å². The Kier molecular flexibility index (Phi) is 5.92. The van der Waals surface area contributed by atoms with Gasteiger partial charge in [0.15, 0.2) is 0 Å². The number of rotatable bonds is 7. The van der Waals surface area contributed by atoms with Crippen molar-refractivity contribution in [1.82, 2.24) is 9.57 Å². The molecule has 21 heavy (non-hydrogen) atoms. The molecule has 3 amide bonds. The van der Waals surface area contributed by atoms with Gasteiger partial charge in [-0.1, -0.05) is 13.8 Å². The third kappa shape index (κ3) is 3.30. The standard InChI is InChI=1S/C13H25N2O4PS/c1-7-10(4)21-20(18,19-9-3)15-12(17)14(8-2)11(16)13(15,5)6/h10H,7-9H2,1-6H3. The lowest BCUT2D eigenvalue weighted by atomic mass is 10.1. The summed E-state index contributed by atoms with van der Waals surface area (Å²) in [5, 5.41) is 0.0664. The predicted molar refractivity (Wildman–Crippen MR) is 85.3 cm³/mol. The van der Waals surface area contributed by atoms with Gasteiger partial charge in [0.1, 0.15) is 5.54 Å². The zero-order chi connectivity index (χ0) is 16.4. The van der Waals surface area contributed by atoms with E-state index in [2.05, 4.69) is 0 Å². The van der Waals surface area contributed by atoms with Gasteiger partial charge in [0, 0.05) is 11.8 Å². The molecule has 0 saturated carbocycles. The van der Waals surface area contributed by atoms with E-state index in [1.807, 2.05) is 13.8 Å². The minimum atomic E-state index is -3.47. The van der Waals surface area contributed by atoms with Crippen LogP contribution >= 0.6 is 18.1 Å². The Bertz CT molecular complexity index is 469. The van der Waals surface area contributed by atoms with E-state index < -0.39 is 18.3 Å². The molecule has 1 aliphatic heterocycles. The van der Waals surface area contributed by atoms with Crippen molar-refractivity contribution in [2.75, 3.05) is 13.2 Å². The second-order valence-corrected chi connectivity index (χ2v) is 10.0. The van der Waals surface area contributed by atoms with E-state index in [1.165, 1.54) is 0 Å². The molecule has 1 heterocycles. The van der Waals surface area contributed by atoms with E-state index in [0.29, 0.717) is 0 Å². The fourth-order valence-corrected chi connectivity index (χ4v) is 7.78. The smallest absolute Gasteiger partial charge is 0.306 e. The van der Waals surface area contributed by atoms with Crippen molar-refractivity contribution in [2.45, 2.75) is 58.8 Å². The highest BCUT2D eigenvalue weighted by Gasteiger charge is 2.58. The maximum atomic E-state index is 13.3. The van der Waals surface area contributed by atoms with E-state index in [4.69, 9.17) is 4.52 Å². The number of hydrogen-bond acceptors (Lipinski definition) is 5. The highest BCUT2D eigenvalue weighted by molar-refractivity contribution is 8.56. The molecule has 0 aliphatic carbocycles. The summed E-state index contributed by atoms with van der Waals surface area (Å²) >= 11 is 1.15. The molecule has 2 unspecified atom stereocenters. The zero-order valence-corrected chi connectivity index (χ0v) is 15.3. The molecule has 0 spiro atoms. The van der Waals surface area contributed by atoms with Crippen molar-refractivity contribution in [3.63, 3.8) is 0 Å². The highest BCUT2D eigenvalue weighted by Crippen LogP contribution is 2.68. The number of nitrogens with zero attached hydrogens (tertiary/aromatic N) is 2. The molecule has 0 bridgehead atoms. The largest absolute Gasteiger partial charge is 0.358 e. The molecule has 0 aromatic heterocycles. The second-order valence-electron chi connectivity index (χ2n) is 5.41. The van der Waals surface area contributed by atoms with E-state index in [9.17, 15) is 14.2 Å². The van der Waals surface area contributed by atoms with Crippen LogP contribution in [0.1, 0.15) is 48.0 Å². The number of carbonyl (C=O) groups is 2. The molecule has 1 aliphatic rings. The van der Waals surface area contributed by atoms with Crippen molar-refractivity contribution in [3.05, 3.63) is 0 Å². The quantitative estimate of drug-likeness (QED) is 0.523. The first-order valence-corrected chi connectivity index (χ1v) is 10.3. The van der Waals surface area contributed by atoms with Crippen LogP contribution in [0.15, 0.2) is 0 Å². The number of hydrogen-bond donors (Lipinski definition) is 0. The van der Waals surface area contributed by atoms with Gasteiger partial charge in [0.05, 0.1) is 6.61 Å². The van der Waals surface area contributed by atoms with E-state index >= 15 is 0 Å². The summed E-state index contributed by atoms with van der Waals surface area (Å²) in [7, 11) is 0. The van der Waals surface area contributed by atoms with Gasteiger partial charge >= 0.3 is 12.8 Å². The Morgan fingerprint density at radius 2 is 1.86 bits per heavy atom. The first-order valence-electron chi connectivity index (χ1n) is 7.25. The van der Waals surface area contributed by atoms with Crippen LogP contribution in [-0.4, -0.2) is 45.4 Å². The minimum Gasteiger partial charge on any atom is -0.306 e. The molecule has 1 rings (SSSR count). The number of urea groups is 1. The van der Waals surface area contributed by atoms with Crippen molar-refractivity contribution >= 4 is 30.0 Å². The third-order valence-corrected chi connectivity index (χ3v) is 8.84. The van der Waals surface area contributed by atoms with Crippen LogP contribution in [0.3, 0.4) is 0 Å². The summed E-state index contributed by atoms with van der Waals surface area (Å²) < 4.78 is 19.9. The summed E-state index contributed by atoms with van der Waals surface area (Å²) in [5.74, 6) is -0.334. The monoisotopic (exact) mass is 336 g/mol. The van der Waals surface area contributed by atoms with Gasteiger partial charge in [0.25, 0.3) is 5.91 Å². The normalized spacial score (nSPS) is 22.6. The fraction of sp³-hybridized carbons (Fsp3) is 0.846. The maximum Gasteiger partial charge on any atom is 0.358 e. The van der Waals surface area contributed by atoms with Crippen molar-refractivity contribution in [3.8, 4) is 0 Å². The van der Waals surface area contributed by atoms with Gasteiger partial charge in [-0.15, -0.1) is 0 Å². The topological polar surface area (TPSA) is 66.9 Å². The fourth-order valence-electron chi connectivity index (χ4n) is 2.15. The van der Waals surface area contributed by atoms with Crippen LogP contribution < -0.4 is 0 Å². The zero-order valence-electron chi connectivity index (χ0n) is 13.6. The summed E-state index contributed by atoms with van der Waals surface area (Å²) in [6.07, 6.45) is 0.801. The maximum absolute atomic E-state index is 13.3. The van der Waals surface area contributed by atoms with Gasteiger partial charge in [-0.25, -0.2) is 9.46 Å². The van der Waals surface area contributed by atoms with Crippen LogP contribution in [-0.2, 0) is 13.9 Å². The van der Waals surface area contributed by atoms with Crippen LogP contribution in [0.5, 0.6) is 0 Å². The van der Waals surface area contributed by atoms with Gasteiger partial charge in [-0.05, 0) is 45.5 Å². The number of carbonyl (C=O) groups excluding carboxylic acids is 2. The first kappa shape index (κ1) is 18.5. The molecule has 1 saturated heterocycles. The lowest BCUT2D eigenvalue weighted by Crippen LogP contribution is -2.42. The molecular weight excluding hydrogens is 311 g/mol. The van der Waals surface area contributed by atoms with Gasteiger partial charge < -0.3 is 4.52 Å². The molecule has 8 heteroatoms. The first-order chi connectivity index (χ1) is 9.65. The number of imide groups is 1. The summed E-state index contributed by atoms with van der Waals surface area (Å²) in [5.41, 5.74) is -1.15. The van der Waals surface area contributed by atoms with Crippen molar-refractivity contribution < 1.29 is 18.7 Å². The lowest BCUT2D eigenvalue weighted by molar-refractivity contribution is -0.131. The van der Waals surface area contributed by atoms with E-state index in [0.717, 1.165) is 27.4 Å². The molecular formula is C13H25N2O4PS. The Balaban J connectivity index is 3.26. The predicted octanol–water partition coefficient (Wildman–Crippen LogP) is 3.73. The van der Waals surface area contributed by atoms with Crippen LogP contribution in [0.2, 0.25) is 0 Å². The van der Waals surface area contributed by atoms with Crippen LogP contribution in [0, 0.1) is 0 Å². The van der Waals surface area contributed by atoms with Crippen LogP contribution in [0.25, 0.3) is 0 Å². The number of likely N-dealkylation sites (N-methyl/N-ethyl adjacent to an activating group) is 1. The Morgan fingerprint density at radius 1 is 1.29 bits per heavy atom. The average Bonchev–Trinajstić information content (AvgIpc) is 2.55. The molecule has 6 nitrogen and oxygen atoms in total. The van der Waals surface area contributed by atoms with Gasteiger partial charge in [-0.2, -0.15) is 0 Å². The van der Waals surface area contributed by atoms with E-state index in [-0.39, 0.29) is 24.3 Å².